The number of halogens is 1. The number of rotatable bonds is 7. The number of benzene rings is 1. The molecule has 1 fully saturated rings. The van der Waals surface area contributed by atoms with Crippen molar-refractivity contribution in [3.63, 3.8) is 0 Å². The summed E-state index contributed by atoms with van der Waals surface area (Å²) < 4.78 is 26.7. The van der Waals surface area contributed by atoms with Crippen LogP contribution in [-0.2, 0) is 10.0 Å². The van der Waals surface area contributed by atoms with E-state index >= 15 is 0 Å². The standard InChI is InChI=1S/C13H17ClN2O4S/c1-16(9-2-3-9)7-6-15-21(19,20)10-4-5-11(13(17)18)12(14)8-10/h4-5,8-9,15H,2-3,6-7H2,1H3,(H,17,18). The molecule has 8 heteroatoms. The summed E-state index contributed by atoms with van der Waals surface area (Å²) in [5, 5.41) is 8.77. The number of sulfonamides is 1. The van der Waals surface area contributed by atoms with Gasteiger partial charge in [-0.2, -0.15) is 0 Å². The summed E-state index contributed by atoms with van der Waals surface area (Å²) in [6.45, 7) is 0.929. The van der Waals surface area contributed by atoms with Gasteiger partial charge < -0.3 is 10.0 Å². The third-order valence-corrected chi connectivity index (χ3v) is 5.18. The second-order valence-electron chi connectivity index (χ2n) is 5.06. The van der Waals surface area contributed by atoms with Crippen LogP contribution in [0.15, 0.2) is 23.1 Å². The van der Waals surface area contributed by atoms with E-state index in [2.05, 4.69) is 9.62 Å². The SMILES string of the molecule is CN(CCNS(=O)(=O)c1ccc(C(=O)O)c(Cl)c1)C1CC1. The van der Waals surface area contributed by atoms with E-state index < -0.39 is 16.0 Å². The molecule has 1 aromatic carbocycles. The lowest BCUT2D eigenvalue weighted by Gasteiger charge is -2.16. The highest BCUT2D eigenvalue weighted by Gasteiger charge is 2.26. The molecule has 1 saturated carbocycles. The van der Waals surface area contributed by atoms with Crippen molar-refractivity contribution in [3.8, 4) is 0 Å². The third-order valence-electron chi connectivity index (χ3n) is 3.41. The number of likely N-dealkylation sites (N-methyl/N-ethyl adjacent to an activating group) is 1. The Morgan fingerprint density at radius 3 is 2.67 bits per heavy atom. The summed E-state index contributed by atoms with van der Waals surface area (Å²) in [6, 6.07) is 4.15. The third kappa shape index (κ3) is 4.16. The molecular weight excluding hydrogens is 316 g/mol. The van der Waals surface area contributed by atoms with E-state index in [0.717, 1.165) is 18.9 Å². The van der Waals surface area contributed by atoms with Gasteiger partial charge in [-0.1, -0.05) is 11.6 Å². The Morgan fingerprint density at radius 1 is 1.48 bits per heavy atom. The highest BCUT2D eigenvalue weighted by molar-refractivity contribution is 7.89. The Morgan fingerprint density at radius 2 is 2.14 bits per heavy atom. The normalized spacial score (nSPS) is 15.4. The first-order valence-electron chi connectivity index (χ1n) is 6.54. The summed E-state index contributed by atoms with van der Waals surface area (Å²) in [5.41, 5.74) is -0.121. The van der Waals surface area contributed by atoms with Crippen LogP contribution in [0.3, 0.4) is 0 Å². The number of nitrogens with zero attached hydrogens (tertiary/aromatic N) is 1. The monoisotopic (exact) mass is 332 g/mol. The van der Waals surface area contributed by atoms with Crippen molar-refractivity contribution in [1.29, 1.82) is 0 Å². The van der Waals surface area contributed by atoms with E-state index in [-0.39, 0.29) is 15.5 Å². The molecule has 0 bridgehead atoms. The molecule has 2 N–H and O–H groups in total. The van der Waals surface area contributed by atoms with Crippen LogP contribution in [0.1, 0.15) is 23.2 Å². The lowest BCUT2D eigenvalue weighted by atomic mass is 10.2. The molecule has 2 rings (SSSR count). The minimum absolute atomic E-state index is 0.0356. The second kappa shape index (κ2) is 6.31. The molecule has 116 valence electrons. The minimum atomic E-state index is -3.68. The highest BCUT2D eigenvalue weighted by Crippen LogP contribution is 2.25. The predicted molar refractivity (Wildman–Crippen MR) is 79.3 cm³/mol. The molecule has 0 heterocycles. The molecule has 1 aliphatic carbocycles. The maximum atomic E-state index is 12.1. The number of nitrogens with one attached hydrogen (secondary N) is 1. The lowest BCUT2D eigenvalue weighted by Crippen LogP contribution is -2.34. The topological polar surface area (TPSA) is 86.7 Å². The Labute approximate surface area is 128 Å². The number of aromatic carboxylic acids is 1. The Hall–Kier alpha value is -1.15. The summed E-state index contributed by atoms with van der Waals surface area (Å²) >= 11 is 5.78. The van der Waals surface area contributed by atoms with Crippen LogP contribution in [0.25, 0.3) is 0 Å². The van der Waals surface area contributed by atoms with Gasteiger partial charge in [-0.3, -0.25) is 0 Å². The van der Waals surface area contributed by atoms with Gasteiger partial charge in [0.1, 0.15) is 0 Å². The Bertz CT molecular complexity index is 644. The summed E-state index contributed by atoms with van der Waals surface area (Å²) in [5.74, 6) is -1.19. The van der Waals surface area contributed by atoms with Crippen LogP contribution >= 0.6 is 11.6 Å². The molecule has 0 aromatic heterocycles. The molecular formula is C13H17ClN2O4S. The van der Waals surface area contributed by atoms with Gasteiger partial charge in [0.15, 0.2) is 0 Å². The van der Waals surface area contributed by atoms with Crippen LogP contribution in [0.4, 0.5) is 0 Å². The van der Waals surface area contributed by atoms with Crippen LogP contribution in [-0.4, -0.2) is 50.6 Å². The fraction of sp³-hybridized carbons (Fsp3) is 0.462. The molecule has 0 amide bonds. The molecule has 0 radical (unpaired) electrons. The van der Waals surface area contributed by atoms with Crippen molar-refractivity contribution in [2.24, 2.45) is 0 Å². The Kier molecular flexibility index (Phi) is 4.88. The van der Waals surface area contributed by atoms with Crippen molar-refractivity contribution in [2.45, 2.75) is 23.8 Å². The first kappa shape index (κ1) is 16.2. The first-order valence-corrected chi connectivity index (χ1v) is 8.40. The second-order valence-corrected chi connectivity index (χ2v) is 7.23. The van der Waals surface area contributed by atoms with Gasteiger partial charge >= 0.3 is 5.97 Å². The van der Waals surface area contributed by atoms with Gasteiger partial charge in [0.25, 0.3) is 0 Å². The Balaban J connectivity index is 2.01. The average Bonchev–Trinajstić information content (AvgIpc) is 3.22. The minimum Gasteiger partial charge on any atom is -0.478 e. The number of carboxylic acids is 1. The van der Waals surface area contributed by atoms with Gasteiger partial charge in [0.05, 0.1) is 15.5 Å². The van der Waals surface area contributed by atoms with Crippen LogP contribution < -0.4 is 4.72 Å². The van der Waals surface area contributed by atoms with Gasteiger partial charge in [-0.05, 0) is 38.1 Å². The molecule has 0 spiro atoms. The van der Waals surface area contributed by atoms with Crippen LogP contribution in [0, 0.1) is 0 Å². The van der Waals surface area contributed by atoms with Gasteiger partial charge in [-0.15, -0.1) is 0 Å². The molecule has 0 aliphatic heterocycles. The van der Waals surface area contributed by atoms with E-state index in [1.807, 2.05) is 7.05 Å². The number of hydrogen-bond donors (Lipinski definition) is 2. The quantitative estimate of drug-likeness (QED) is 0.788. The molecule has 0 saturated heterocycles. The number of carboxylic acid groups (broad SMARTS) is 1. The summed E-state index contributed by atoms with van der Waals surface area (Å²) in [4.78, 5) is 12.9. The molecule has 21 heavy (non-hydrogen) atoms. The van der Waals surface area contributed by atoms with Crippen molar-refractivity contribution < 1.29 is 18.3 Å². The largest absolute Gasteiger partial charge is 0.478 e. The number of hydrogen-bond acceptors (Lipinski definition) is 4. The number of carbonyl (C=O) groups is 1. The van der Waals surface area contributed by atoms with E-state index in [1.54, 1.807) is 0 Å². The van der Waals surface area contributed by atoms with Crippen LogP contribution in [0.5, 0.6) is 0 Å². The first-order chi connectivity index (χ1) is 9.81. The highest BCUT2D eigenvalue weighted by atomic mass is 35.5. The molecule has 6 nitrogen and oxygen atoms in total. The molecule has 1 aliphatic rings. The average molecular weight is 333 g/mol. The molecule has 1 aromatic rings. The van der Waals surface area contributed by atoms with Crippen molar-refractivity contribution in [1.82, 2.24) is 9.62 Å². The lowest BCUT2D eigenvalue weighted by molar-refractivity contribution is 0.0697. The van der Waals surface area contributed by atoms with E-state index in [0.29, 0.717) is 19.1 Å². The van der Waals surface area contributed by atoms with Gasteiger partial charge in [0.2, 0.25) is 10.0 Å². The fourth-order valence-electron chi connectivity index (χ4n) is 1.97. The van der Waals surface area contributed by atoms with Gasteiger partial charge in [0, 0.05) is 19.1 Å². The van der Waals surface area contributed by atoms with Crippen molar-refractivity contribution in [3.05, 3.63) is 28.8 Å². The zero-order valence-corrected chi connectivity index (χ0v) is 13.1. The summed E-state index contributed by atoms with van der Waals surface area (Å²) in [6.07, 6.45) is 2.32. The zero-order chi connectivity index (χ0) is 15.6. The fourth-order valence-corrected chi connectivity index (χ4v) is 3.35. The summed E-state index contributed by atoms with van der Waals surface area (Å²) in [7, 11) is -1.72. The molecule has 0 atom stereocenters. The van der Waals surface area contributed by atoms with Crippen LogP contribution in [0.2, 0.25) is 5.02 Å². The zero-order valence-electron chi connectivity index (χ0n) is 11.5. The predicted octanol–water partition coefficient (Wildman–Crippen LogP) is 1.41. The van der Waals surface area contributed by atoms with E-state index in [1.165, 1.54) is 12.1 Å². The van der Waals surface area contributed by atoms with Crippen molar-refractivity contribution in [2.75, 3.05) is 20.1 Å². The maximum absolute atomic E-state index is 12.1. The smallest absolute Gasteiger partial charge is 0.337 e. The van der Waals surface area contributed by atoms with Crippen molar-refractivity contribution >= 4 is 27.6 Å². The van der Waals surface area contributed by atoms with E-state index in [9.17, 15) is 13.2 Å². The molecule has 0 unspecified atom stereocenters. The maximum Gasteiger partial charge on any atom is 0.337 e. The van der Waals surface area contributed by atoms with Gasteiger partial charge in [-0.25, -0.2) is 17.9 Å². The van der Waals surface area contributed by atoms with E-state index in [4.69, 9.17) is 16.7 Å².